The summed E-state index contributed by atoms with van der Waals surface area (Å²) in [6.45, 7) is 6.11. The normalized spacial score (nSPS) is 11.3. The summed E-state index contributed by atoms with van der Waals surface area (Å²) in [6.07, 6.45) is 3.64. The van der Waals surface area contributed by atoms with Gasteiger partial charge in [0.25, 0.3) is 0 Å². The molecule has 0 saturated heterocycles. The van der Waals surface area contributed by atoms with Crippen molar-refractivity contribution in [2.24, 2.45) is 5.41 Å². The van der Waals surface area contributed by atoms with Gasteiger partial charge in [-0.25, -0.2) is 4.98 Å². The highest BCUT2D eigenvalue weighted by Gasteiger charge is 2.21. The van der Waals surface area contributed by atoms with Crippen LogP contribution in [0.2, 0.25) is 0 Å². The van der Waals surface area contributed by atoms with Gasteiger partial charge in [0, 0.05) is 23.5 Å². The molecule has 0 radical (unpaired) electrons. The van der Waals surface area contributed by atoms with Crippen molar-refractivity contribution in [3.8, 4) is 5.69 Å². The molecule has 0 fully saturated rings. The fourth-order valence-corrected chi connectivity index (χ4v) is 1.71. The van der Waals surface area contributed by atoms with Gasteiger partial charge in [0.05, 0.1) is 6.54 Å². The summed E-state index contributed by atoms with van der Waals surface area (Å²) in [5.74, 6) is 0.846. The number of para-hydroxylation sites is 1. The molecule has 0 bridgehead atoms. The van der Waals surface area contributed by atoms with Gasteiger partial charge in [-0.15, -0.1) is 0 Å². The highest BCUT2D eigenvalue weighted by molar-refractivity contribution is 5.81. The molecule has 1 amide bonds. The minimum Gasteiger partial charge on any atom is -0.348 e. The number of aromatic nitrogens is 2. The molecule has 1 N–H and O–H groups in total. The number of amides is 1. The molecule has 0 aliphatic rings. The van der Waals surface area contributed by atoms with Crippen molar-refractivity contribution in [1.82, 2.24) is 14.9 Å². The molecule has 0 unspecified atom stereocenters. The van der Waals surface area contributed by atoms with Gasteiger partial charge in [-0.1, -0.05) is 39.0 Å². The van der Waals surface area contributed by atoms with Gasteiger partial charge in [-0.05, 0) is 12.1 Å². The predicted octanol–water partition coefficient (Wildman–Crippen LogP) is 2.53. The molecule has 0 saturated carbocycles. The van der Waals surface area contributed by atoms with E-state index in [4.69, 9.17) is 0 Å². The van der Waals surface area contributed by atoms with Crippen molar-refractivity contribution < 1.29 is 4.79 Å². The van der Waals surface area contributed by atoms with Crippen molar-refractivity contribution >= 4 is 5.91 Å². The Morgan fingerprint density at radius 1 is 1.26 bits per heavy atom. The summed E-state index contributed by atoms with van der Waals surface area (Å²) in [6, 6.07) is 9.95. The molecule has 2 rings (SSSR count). The van der Waals surface area contributed by atoms with Gasteiger partial charge in [0.2, 0.25) is 5.91 Å². The van der Waals surface area contributed by atoms with Crippen LogP contribution < -0.4 is 5.32 Å². The lowest BCUT2D eigenvalue weighted by Gasteiger charge is -2.17. The predicted molar refractivity (Wildman–Crippen MR) is 74.9 cm³/mol. The summed E-state index contributed by atoms with van der Waals surface area (Å²) in [4.78, 5) is 16.2. The van der Waals surface area contributed by atoms with E-state index >= 15 is 0 Å². The minimum absolute atomic E-state index is 0.0233. The quantitative estimate of drug-likeness (QED) is 0.918. The second-order valence-electron chi connectivity index (χ2n) is 5.48. The first kappa shape index (κ1) is 13.3. The molecule has 0 spiro atoms. The Labute approximate surface area is 113 Å². The summed E-state index contributed by atoms with van der Waals surface area (Å²) in [7, 11) is 0. The van der Waals surface area contributed by atoms with Crippen molar-refractivity contribution in [3.63, 3.8) is 0 Å². The second-order valence-corrected chi connectivity index (χ2v) is 5.48. The maximum atomic E-state index is 11.9. The van der Waals surface area contributed by atoms with Crippen LogP contribution in [0.5, 0.6) is 0 Å². The Bertz CT molecular complexity index is 552. The monoisotopic (exact) mass is 257 g/mol. The number of nitrogens with zero attached hydrogens (tertiary/aromatic N) is 2. The van der Waals surface area contributed by atoms with Crippen LogP contribution in [0.4, 0.5) is 0 Å². The maximum Gasteiger partial charge on any atom is 0.225 e. The van der Waals surface area contributed by atoms with E-state index in [-0.39, 0.29) is 11.3 Å². The van der Waals surface area contributed by atoms with E-state index in [1.807, 2.05) is 61.9 Å². The largest absolute Gasteiger partial charge is 0.348 e. The van der Waals surface area contributed by atoms with E-state index in [0.717, 1.165) is 11.5 Å². The molecule has 0 aliphatic heterocycles. The number of carbonyl (C=O) groups excluding carboxylic acids is 1. The SMILES string of the molecule is CC(C)(C)C(=O)NCc1nccn1-c1ccccc1. The summed E-state index contributed by atoms with van der Waals surface area (Å²) in [5, 5.41) is 2.91. The molecule has 2 aromatic rings. The number of nitrogens with one attached hydrogen (secondary N) is 1. The van der Waals surface area contributed by atoms with E-state index in [0.29, 0.717) is 6.54 Å². The molecular weight excluding hydrogens is 238 g/mol. The topological polar surface area (TPSA) is 46.9 Å². The Morgan fingerprint density at radius 3 is 2.58 bits per heavy atom. The van der Waals surface area contributed by atoms with Crippen molar-refractivity contribution in [2.45, 2.75) is 27.3 Å². The van der Waals surface area contributed by atoms with Crippen molar-refractivity contribution in [2.75, 3.05) is 0 Å². The van der Waals surface area contributed by atoms with Gasteiger partial charge in [0.1, 0.15) is 5.82 Å². The van der Waals surface area contributed by atoms with E-state index in [1.165, 1.54) is 0 Å². The first-order valence-electron chi connectivity index (χ1n) is 6.34. The van der Waals surface area contributed by atoms with E-state index in [2.05, 4.69) is 10.3 Å². The number of rotatable bonds is 3. The molecule has 1 aromatic heterocycles. The van der Waals surface area contributed by atoms with Crippen LogP contribution in [-0.2, 0) is 11.3 Å². The van der Waals surface area contributed by atoms with Gasteiger partial charge in [-0.2, -0.15) is 0 Å². The zero-order valence-corrected chi connectivity index (χ0v) is 11.6. The van der Waals surface area contributed by atoms with Crippen LogP contribution >= 0.6 is 0 Å². The lowest BCUT2D eigenvalue weighted by molar-refractivity contribution is -0.128. The summed E-state index contributed by atoms with van der Waals surface area (Å²) < 4.78 is 1.98. The first-order chi connectivity index (χ1) is 8.98. The molecule has 1 heterocycles. The third kappa shape index (κ3) is 3.22. The fourth-order valence-electron chi connectivity index (χ4n) is 1.71. The molecule has 19 heavy (non-hydrogen) atoms. The lowest BCUT2D eigenvalue weighted by Crippen LogP contribution is -2.34. The van der Waals surface area contributed by atoms with Crippen LogP contribution in [-0.4, -0.2) is 15.5 Å². The number of benzene rings is 1. The molecule has 0 atom stereocenters. The molecule has 4 nitrogen and oxygen atoms in total. The van der Waals surface area contributed by atoms with Crippen LogP contribution in [0.25, 0.3) is 5.69 Å². The highest BCUT2D eigenvalue weighted by atomic mass is 16.2. The minimum atomic E-state index is -0.385. The van der Waals surface area contributed by atoms with Crippen molar-refractivity contribution in [1.29, 1.82) is 0 Å². The summed E-state index contributed by atoms with van der Waals surface area (Å²) >= 11 is 0. The second kappa shape index (κ2) is 5.26. The number of hydrogen-bond donors (Lipinski definition) is 1. The maximum absolute atomic E-state index is 11.9. The zero-order valence-electron chi connectivity index (χ0n) is 11.6. The number of imidazole rings is 1. The molecule has 0 aliphatic carbocycles. The Balaban J connectivity index is 2.11. The van der Waals surface area contributed by atoms with Gasteiger partial charge < -0.3 is 9.88 Å². The zero-order chi connectivity index (χ0) is 13.9. The van der Waals surface area contributed by atoms with Crippen LogP contribution in [0.15, 0.2) is 42.7 Å². The third-order valence-electron chi connectivity index (χ3n) is 2.84. The molecule has 100 valence electrons. The summed E-state index contributed by atoms with van der Waals surface area (Å²) in [5.41, 5.74) is 0.657. The van der Waals surface area contributed by atoms with Gasteiger partial charge in [0.15, 0.2) is 0 Å². The molecule has 1 aromatic carbocycles. The Hall–Kier alpha value is -2.10. The van der Waals surface area contributed by atoms with E-state index in [1.54, 1.807) is 6.20 Å². The standard InChI is InChI=1S/C15H19N3O/c1-15(2,3)14(19)17-11-13-16-9-10-18(13)12-7-5-4-6-8-12/h4-10H,11H2,1-3H3,(H,17,19). The third-order valence-corrected chi connectivity index (χ3v) is 2.84. The molecular formula is C15H19N3O. The average molecular weight is 257 g/mol. The smallest absolute Gasteiger partial charge is 0.225 e. The fraction of sp³-hybridized carbons (Fsp3) is 0.333. The lowest BCUT2D eigenvalue weighted by atomic mass is 9.96. The van der Waals surface area contributed by atoms with Gasteiger partial charge in [-0.3, -0.25) is 4.79 Å². The highest BCUT2D eigenvalue weighted by Crippen LogP contribution is 2.14. The Morgan fingerprint density at radius 2 is 1.95 bits per heavy atom. The number of carbonyl (C=O) groups is 1. The van der Waals surface area contributed by atoms with Gasteiger partial charge >= 0.3 is 0 Å². The van der Waals surface area contributed by atoms with Crippen LogP contribution in [0.1, 0.15) is 26.6 Å². The van der Waals surface area contributed by atoms with E-state index in [9.17, 15) is 4.79 Å². The molecule has 4 heteroatoms. The first-order valence-corrected chi connectivity index (χ1v) is 6.34. The van der Waals surface area contributed by atoms with Crippen molar-refractivity contribution in [3.05, 3.63) is 48.5 Å². The number of hydrogen-bond acceptors (Lipinski definition) is 2. The van der Waals surface area contributed by atoms with Crippen LogP contribution in [0.3, 0.4) is 0 Å². The average Bonchev–Trinajstić information content (AvgIpc) is 2.84. The van der Waals surface area contributed by atoms with E-state index < -0.39 is 0 Å². The Kier molecular flexibility index (Phi) is 3.69. The van der Waals surface area contributed by atoms with Crippen LogP contribution in [0, 0.1) is 5.41 Å².